The van der Waals surface area contributed by atoms with Crippen molar-refractivity contribution in [1.82, 2.24) is 20.0 Å². The number of amides is 2. The number of carbonyl (C=O) groups is 2. The Kier molecular flexibility index (Phi) is 4.04. The zero-order chi connectivity index (χ0) is 16.7. The Hall–Kier alpha value is -1.89. The summed E-state index contributed by atoms with van der Waals surface area (Å²) in [4.78, 5) is 26.7. The Morgan fingerprint density at radius 2 is 2.04 bits per heavy atom. The van der Waals surface area contributed by atoms with Gasteiger partial charge in [-0.1, -0.05) is 0 Å². The lowest BCUT2D eigenvalue weighted by Gasteiger charge is -2.21. The van der Waals surface area contributed by atoms with Crippen molar-refractivity contribution in [3.8, 4) is 0 Å². The zero-order valence-electron chi connectivity index (χ0n) is 14.0. The number of rotatable bonds is 4. The zero-order valence-corrected chi connectivity index (χ0v) is 14.0. The first-order valence-electron chi connectivity index (χ1n) is 8.83. The summed E-state index contributed by atoms with van der Waals surface area (Å²) >= 11 is 0. The summed E-state index contributed by atoms with van der Waals surface area (Å²) in [6.45, 7) is 2.08. The maximum atomic E-state index is 12.8. The van der Waals surface area contributed by atoms with Gasteiger partial charge >= 0.3 is 0 Å². The van der Waals surface area contributed by atoms with E-state index in [1.54, 1.807) is 10.9 Å². The van der Waals surface area contributed by atoms with Gasteiger partial charge < -0.3 is 15.0 Å². The lowest BCUT2D eigenvalue weighted by atomic mass is 9.93. The Morgan fingerprint density at radius 1 is 1.29 bits per heavy atom. The maximum Gasteiger partial charge on any atom is 0.255 e. The molecule has 0 bridgehead atoms. The number of aryl methyl sites for hydroxylation is 1. The van der Waals surface area contributed by atoms with Crippen LogP contribution in [0.1, 0.15) is 54.1 Å². The van der Waals surface area contributed by atoms with Crippen molar-refractivity contribution < 1.29 is 14.3 Å². The molecule has 1 N–H and O–H groups in total. The predicted molar refractivity (Wildman–Crippen MR) is 86.6 cm³/mol. The van der Waals surface area contributed by atoms with E-state index in [1.165, 1.54) is 0 Å². The number of carbonyl (C=O) groups excluding carboxylic acids is 2. The molecule has 1 aliphatic carbocycles. The van der Waals surface area contributed by atoms with Gasteiger partial charge in [-0.25, -0.2) is 0 Å². The summed E-state index contributed by atoms with van der Waals surface area (Å²) in [5, 5.41) is 7.57. The monoisotopic (exact) mass is 332 g/mol. The normalized spacial score (nSPS) is 25.3. The molecule has 1 unspecified atom stereocenters. The second-order valence-electron chi connectivity index (χ2n) is 7.14. The van der Waals surface area contributed by atoms with E-state index < -0.39 is 0 Å². The van der Waals surface area contributed by atoms with Crippen LogP contribution in [0.2, 0.25) is 0 Å². The first-order chi connectivity index (χ1) is 11.6. The highest BCUT2D eigenvalue weighted by atomic mass is 16.5. The molecule has 1 atom stereocenters. The Bertz CT molecular complexity index is 646. The summed E-state index contributed by atoms with van der Waals surface area (Å²) in [6.07, 6.45) is 6.19. The van der Waals surface area contributed by atoms with Crippen molar-refractivity contribution in [2.24, 2.45) is 7.05 Å². The molecule has 1 aromatic heterocycles. The molecule has 0 spiro atoms. The average molecular weight is 332 g/mol. The van der Waals surface area contributed by atoms with E-state index in [2.05, 4.69) is 10.4 Å². The van der Waals surface area contributed by atoms with Gasteiger partial charge in [-0.2, -0.15) is 5.10 Å². The van der Waals surface area contributed by atoms with Crippen LogP contribution in [0.5, 0.6) is 0 Å². The van der Waals surface area contributed by atoms with E-state index in [-0.39, 0.29) is 23.8 Å². The third kappa shape index (κ3) is 3.05. The van der Waals surface area contributed by atoms with Crippen molar-refractivity contribution >= 4 is 11.8 Å². The Balaban J connectivity index is 1.45. The summed E-state index contributed by atoms with van der Waals surface area (Å²) in [5.41, 5.74) is 1.50. The molecule has 3 aliphatic rings. The first-order valence-corrected chi connectivity index (χ1v) is 8.83. The third-order valence-electron chi connectivity index (χ3n) is 5.19. The lowest BCUT2D eigenvalue weighted by molar-refractivity contribution is -0.128. The topological polar surface area (TPSA) is 76.5 Å². The van der Waals surface area contributed by atoms with Gasteiger partial charge in [0.2, 0.25) is 5.91 Å². The minimum Gasteiger partial charge on any atom is -0.381 e. The SMILES string of the molecule is Cn1cc(C(=O)NC2CC(=O)N(C3CC3)C2)c(C2CCOCC2)n1. The van der Waals surface area contributed by atoms with E-state index >= 15 is 0 Å². The van der Waals surface area contributed by atoms with Crippen molar-refractivity contribution in [2.75, 3.05) is 19.8 Å². The standard InChI is InChI=1S/C17H24N4O3/c1-20-10-14(16(19-20)11-4-6-24-7-5-11)17(23)18-12-8-15(22)21(9-12)13-2-3-13/h10-13H,2-9H2,1H3,(H,18,23). The minimum absolute atomic E-state index is 0.0895. The molecular formula is C17H24N4O3. The van der Waals surface area contributed by atoms with Crippen LogP contribution in [-0.4, -0.2) is 58.3 Å². The van der Waals surface area contributed by atoms with Crippen LogP contribution in [0, 0.1) is 0 Å². The highest BCUT2D eigenvalue weighted by Gasteiger charge is 2.40. The molecule has 0 radical (unpaired) electrons. The van der Waals surface area contributed by atoms with E-state index in [0.29, 0.717) is 24.6 Å². The fourth-order valence-electron chi connectivity index (χ4n) is 3.78. The molecule has 130 valence electrons. The predicted octanol–water partition coefficient (Wildman–Crippen LogP) is 0.807. The molecule has 1 aromatic rings. The van der Waals surface area contributed by atoms with Gasteiger partial charge in [0.1, 0.15) is 0 Å². The van der Waals surface area contributed by atoms with Gasteiger partial charge in [0, 0.05) is 51.4 Å². The van der Waals surface area contributed by atoms with Gasteiger partial charge in [-0.15, -0.1) is 0 Å². The molecular weight excluding hydrogens is 308 g/mol. The van der Waals surface area contributed by atoms with E-state index in [0.717, 1.165) is 44.6 Å². The number of ether oxygens (including phenoxy) is 1. The Morgan fingerprint density at radius 3 is 2.75 bits per heavy atom. The van der Waals surface area contributed by atoms with Crippen molar-refractivity contribution in [2.45, 2.75) is 50.1 Å². The molecule has 2 amide bonds. The summed E-state index contributed by atoms with van der Waals surface area (Å²) < 4.78 is 7.11. The molecule has 2 aliphatic heterocycles. The molecule has 3 heterocycles. The van der Waals surface area contributed by atoms with Gasteiger partial charge in [-0.05, 0) is 25.7 Å². The van der Waals surface area contributed by atoms with Crippen LogP contribution < -0.4 is 5.32 Å². The third-order valence-corrected chi connectivity index (χ3v) is 5.19. The van der Waals surface area contributed by atoms with Crippen molar-refractivity contribution in [3.63, 3.8) is 0 Å². The average Bonchev–Trinajstić information content (AvgIpc) is 3.24. The van der Waals surface area contributed by atoms with E-state index in [9.17, 15) is 9.59 Å². The smallest absolute Gasteiger partial charge is 0.255 e. The largest absolute Gasteiger partial charge is 0.381 e. The molecule has 1 saturated carbocycles. The molecule has 24 heavy (non-hydrogen) atoms. The molecule has 7 heteroatoms. The number of hydrogen-bond donors (Lipinski definition) is 1. The minimum atomic E-state index is -0.111. The van der Waals surface area contributed by atoms with E-state index in [4.69, 9.17) is 4.74 Å². The number of nitrogens with one attached hydrogen (secondary N) is 1. The van der Waals surface area contributed by atoms with Crippen LogP contribution in [0.15, 0.2) is 6.20 Å². The fourth-order valence-corrected chi connectivity index (χ4v) is 3.78. The van der Waals surface area contributed by atoms with Crippen LogP contribution >= 0.6 is 0 Å². The maximum absolute atomic E-state index is 12.8. The number of nitrogens with zero attached hydrogens (tertiary/aromatic N) is 3. The van der Waals surface area contributed by atoms with Crippen LogP contribution in [0.3, 0.4) is 0 Å². The lowest BCUT2D eigenvalue weighted by Crippen LogP contribution is -2.38. The molecule has 7 nitrogen and oxygen atoms in total. The van der Waals surface area contributed by atoms with Gasteiger partial charge in [0.15, 0.2) is 0 Å². The van der Waals surface area contributed by atoms with Crippen LogP contribution in [0.4, 0.5) is 0 Å². The number of likely N-dealkylation sites (tertiary alicyclic amines) is 1. The molecule has 4 rings (SSSR count). The van der Waals surface area contributed by atoms with Crippen LogP contribution in [0.25, 0.3) is 0 Å². The molecule has 2 saturated heterocycles. The van der Waals surface area contributed by atoms with E-state index in [1.807, 2.05) is 11.9 Å². The highest BCUT2D eigenvalue weighted by molar-refractivity contribution is 5.96. The summed E-state index contributed by atoms with van der Waals surface area (Å²) in [5.74, 6) is 0.326. The van der Waals surface area contributed by atoms with Gasteiger partial charge in [0.25, 0.3) is 5.91 Å². The fraction of sp³-hybridized carbons (Fsp3) is 0.706. The summed E-state index contributed by atoms with van der Waals surface area (Å²) in [6, 6.07) is 0.323. The van der Waals surface area contributed by atoms with Gasteiger partial charge in [0.05, 0.1) is 17.3 Å². The summed E-state index contributed by atoms with van der Waals surface area (Å²) in [7, 11) is 1.84. The second kappa shape index (κ2) is 6.20. The first kappa shape index (κ1) is 15.6. The molecule has 3 fully saturated rings. The number of hydrogen-bond acceptors (Lipinski definition) is 4. The van der Waals surface area contributed by atoms with Crippen molar-refractivity contribution in [1.29, 1.82) is 0 Å². The quantitative estimate of drug-likeness (QED) is 0.885. The number of aromatic nitrogens is 2. The van der Waals surface area contributed by atoms with Gasteiger partial charge in [-0.3, -0.25) is 14.3 Å². The van der Waals surface area contributed by atoms with Crippen LogP contribution in [-0.2, 0) is 16.6 Å². The highest BCUT2D eigenvalue weighted by Crippen LogP contribution is 2.31. The van der Waals surface area contributed by atoms with Crippen molar-refractivity contribution in [3.05, 3.63) is 17.5 Å². The Labute approximate surface area is 141 Å². The molecule has 0 aromatic carbocycles. The second-order valence-corrected chi connectivity index (χ2v) is 7.14.